The second kappa shape index (κ2) is 5.66. The number of rotatable bonds is 3. The number of fused-ring (bicyclic) bond motifs is 1. The monoisotopic (exact) mass is 301 g/mol. The normalized spacial score (nSPS) is 11.0. The molecule has 0 saturated heterocycles. The predicted molar refractivity (Wildman–Crippen MR) is 89.8 cm³/mol. The summed E-state index contributed by atoms with van der Waals surface area (Å²) in [6.07, 6.45) is 5.70. The molecule has 0 amide bonds. The van der Waals surface area contributed by atoms with E-state index >= 15 is 0 Å². The second-order valence-corrected chi connectivity index (χ2v) is 5.36. The summed E-state index contributed by atoms with van der Waals surface area (Å²) >= 11 is 0. The van der Waals surface area contributed by atoms with E-state index in [1.165, 1.54) is 0 Å². The van der Waals surface area contributed by atoms with E-state index in [1.54, 1.807) is 6.20 Å². The third kappa shape index (κ3) is 2.49. The molecule has 0 spiro atoms. The predicted octanol–water partition coefficient (Wildman–Crippen LogP) is 3.56. The van der Waals surface area contributed by atoms with E-state index in [-0.39, 0.29) is 6.61 Å². The van der Waals surface area contributed by atoms with Gasteiger partial charge in [-0.2, -0.15) is 0 Å². The zero-order chi connectivity index (χ0) is 15.6. The van der Waals surface area contributed by atoms with E-state index in [9.17, 15) is 5.11 Å². The lowest BCUT2D eigenvalue weighted by molar-refractivity contribution is 0.282. The Morgan fingerprint density at radius 1 is 0.913 bits per heavy atom. The van der Waals surface area contributed by atoms with Crippen LogP contribution in [-0.4, -0.2) is 19.5 Å². The first-order valence-electron chi connectivity index (χ1n) is 7.44. The Morgan fingerprint density at radius 3 is 2.43 bits per heavy atom. The van der Waals surface area contributed by atoms with E-state index < -0.39 is 0 Å². The van der Waals surface area contributed by atoms with Crippen LogP contribution in [0.15, 0.2) is 73.2 Å². The van der Waals surface area contributed by atoms with Gasteiger partial charge in [-0.3, -0.25) is 4.40 Å². The van der Waals surface area contributed by atoms with E-state index in [0.717, 1.165) is 27.9 Å². The van der Waals surface area contributed by atoms with Gasteiger partial charge in [0.2, 0.25) is 5.78 Å². The highest BCUT2D eigenvalue weighted by Crippen LogP contribution is 2.30. The number of imidazole rings is 1. The van der Waals surface area contributed by atoms with Crippen LogP contribution < -0.4 is 0 Å². The Labute approximate surface area is 133 Å². The number of hydrogen-bond donors (Lipinski definition) is 1. The van der Waals surface area contributed by atoms with Gasteiger partial charge in [0.1, 0.15) is 0 Å². The zero-order valence-electron chi connectivity index (χ0n) is 12.4. The summed E-state index contributed by atoms with van der Waals surface area (Å²) in [7, 11) is 0. The number of hydrogen-bond acceptors (Lipinski definition) is 3. The highest BCUT2D eigenvalue weighted by molar-refractivity contribution is 5.81. The number of nitrogens with zero attached hydrogens (tertiary/aromatic N) is 3. The molecule has 4 rings (SSSR count). The maximum atomic E-state index is 9.22. The minimum Gasteiger partial charge on any atom is -0.392 e. The van der Waals surface area contributed by atoms with Gasteiger partial charge in [-0.25, -0.2) is 9.97 Å². The molecule has 0 fully saturated rings. The lowest BCUT2D eigenvalue weighted by atomic mass is 10.00. The van der Waals surface area contributed by atoms with E-state index in [1.807, 2.05) is 53.1 Å². The van der Waals surface area contributed by atoms with Crippen molar-refractivity contribution >= 4 is 5.78 Å². The van der Waals surface area contributed by atoms with E-state index in [2.05, 4.69) is 23.3 Å². The molecule has 4 heteroatoms. The fourth-order valence-electron chi connectivity index (χ4n) is 2.67. The van der Waals surface area contributed by atoms with Crippen molar-refractivity contribution in [3.05, 3.63) is 78.8 Å². The fraction of sp³-hybridized carbons (Fsp3) is 0.0526. The minimum absolute atomic E-state index is 0.0402. The van der Waals surface area contributed by atoms with Crippen LogP contribution in [0.1, 0.15) is 5.56 Å². The molecular weight excluding hydrogens is 286 g/mol. The molecule has 4 aromatic rings. The molecule has 0 unspecified atom stereocenters. The van der Waals surface area contributed by atoms with Gasteiger partial charge in [0.15, 0.2) is 0 Å². The summed E-state index contributed by atoms with van der Waals surface area (Å²) in [5, 5.41) is 9.22. The minimum atomic E-state index is 0.0402. The molecule has 0 radical (unpaired) electrons. The van der Waals surface area contributed by atoms with Crippen molar-refractivity contribution in [3.8, 4) is 22.4 Å². The highest BCUT2D eigenvalue weighted by Gasteiger charge is 2.12. The van der Waals surface area contributed by atoms with Crippen molar-refractivity contribution in [2.45, 2.75) is 6.61 Å². The van der Waals surface area contributed by atoms with Crippen LogP contribution in [0.4, 0.5) is 0 Å². The van der Waals surface area contributed by atoms with E-state index in [0.29, 0.717) is 5.78 Å². The summed E-state index contributed by atoms with van der Waals surface area (Å²) in [4.78, 5) is 9.01. The molecule has 4 nitrogen and oxygen atoms in total. The van der Waals surface area contributed by atoms with E-state index in [4.69, 9.17) is 4.98 Å². The van der Waals surface area contributed by atoms with Gasteiger partial charge < -0.3 is 5.11 Å². The lowest BCUT2D eigenvalue weighted by Gasteiger charge is -2.10. The largest absolute Gasteiger partial charge is 0.392 e. The zero-order valence-corrected chi connectivity index (χ0v) is 12.4. The number of aliphatic hydroxyl groups is 1. The lowest BCUT2D eigenvalue weighted by Crippen LogP contribution is -1.96. The van der Waals surface area contributed by atoms with Gasteiger partial charge in [0.25, 0.3) is 0 Å². The van der Waals surface area contributed by atoms with Crippen LogP contribution in [-0.2, 0) is 6.61 Å². The Kier molecular flexibility index (Phi) is 3.37. The average Bonchev–Trinajstić information content (AvgIpc) is 3.09. The van der Waals surface area contributed by atoms with Crippen LogP contribution >= 0.6 is 0 Å². The molecule has 2 aromatic heterocycles. The first-order chi connectivity index (χ1) is 11.3. The topological polar surface area (TPSA) is 50.4 Å². The molecule has 112 valence electrons. The first-order valence-corrected chi connectivity index (χ1v) is 7.44. The Bertz CT molecular complexity index is 943. The third-order valence-electron chi connectivity index (χ3n) is 3.88. The van der Waals surface area contributed by atoms with Crippen LogP contribution in [0.2, 0.25) is 0 Å². The molecule has 2 aromatic carbocycles. The summed E-state index contributed by atoms with van der Waals surface area (Å²) in [6, 6.07) is 18.0. The molecule has 2 heterocycles. The van der Waals surface area contributed by atoms with Crippen LogP contribution in [0.5, 0.6) is 0 Å². The molecule has 0 saturated carbocycles. The average molecular weight is 301 g/mol. The summed E-state index contributed by atoms with van der Waals surface area (Å²) in [5.41, 5.74) is 4.94. The molecule has 0 aliphatic heterocycles. The fourth-order valence-corrected chi connectivity index (χ4v) is 2.67. The maximum Gasteiger partial charge on any atom is 0.234 e. The van der Waals surface area contributed by atoms with Gasteiger partial charge in [0, 0.05) is 29.7 Å². The molecule has 0 aliphatic rings. The summed E-state index contributed by atoms with van der Waals surface area (Å²) in [6.45, 7) is 0.0402. The molecule has 1 N–H and O–H groups in total. The maximum absolute atomic E-state index is 9.22. The van der Waals surface area contributed by atoms with Gasteiger partial charge >= 0.3 is 0 Å². The van der Waals surface area contributed by atoms with Crippen molar-refractivity contribution < 1.29 is 5.11 Å². The van der Waals surface area contributed by atoms with Crippen molar-refractivity contribution in [2.24, 2.45) is 0 Å². The standard InChI is InChI=1S/C19H15N3O/c23-13-14-6-8-16(9-7-14)18-17(15-4-2-1-3-5-15)12-22-11-10-20-19(22)21-18/h1-12,23H,13H2. The smallest absolute Gasteiger partial charge is 0.234 e. The molecule has 0 bridgehead atoms. The Hall–Kier alpha value is -2.98. The van der Waals surface area contributed by atoms with Crippen molar-refractivity contribution in [1.29, 1.82) is 0 Å². The summed E-state index contributed by atoms with van der Waals surface area (Å²) in [5.74, 6) is 0.672. The number of benzene rings is 2. The van der Waals surface area contributed by atoms with Gasteiger partial charge in [-0.05, 0) is 11.1 Å². The second-order valence-electron chi connectivity index (χ2n) is 5.36. The van der Waals surface area contributed by atoms with Crippen molar-refractivity contribution in [1.82, 2.24) is 14.4 Å². The first kappa shape index (κ1) is 13.7. The quantitative estimate of drug-likeness (QED) is 0.629. The number of aliphatic hydroxyl groups excluding tert-OH is 1. The third-order valence-corrected chi connectivity index (χ3v) is 3.88. The summed E-state index contributed by atoms with van der Waals surface area (Å²) < 4.78 is 1.92. The van der Waals surface area contributed by atoms with Gasteiger partial charge in [-0.15, -0.1) is 0 Å². The van der Waals surface area contributed by atoms with Gasteiger partial charge in [0.05, 0.1) is 12.3 Å². The molecular formula is C19H15N3O. The van der Waals surface area contributed by atoms with Crippen LogP contribution in [0, 0.1) is 0 Å². The Balaban J connectivity index is 1.95. The molecule has 0 atom stereocenters. The van der Waals surface area contributed by atoms with Crippen molar-refractivity contribution in [2.75, 3.05) is 0 Å². The SMILES string of the molecule is OCc1ccc(-c2nc3nccn3cc2-c2ccccc2)cc1. The molecule has 23 heavy (non-hydrogen) atoms. The van der Waals surface area contributed by atoms with Gasteiger partial charge in [-0.1, -0.05) is 54.6 Å². The van der Waals surface area contributed by atoms with Crippen molar-refractivity contribution in [3.63, 3.8) is 0 Å². The Morgan fingerprint density at radius 2 is 1.70 bits per heavy atom. The number of aromatic nitrogens is 3. The van der Waals surface area contributed by atoms with Crippen LogP contribution in [0.25, 0.3) is 28.2 Å². The molecule has 0 aliphatic carbocycles. The van der Waals surface area contributed by atoms with Crippen LogP contribution in [0.3, 0.4) is 0 Å². The highest BCUT2D eigenvalue weighted by atomic mass is 16.3.